The van der Waals surface area contributed by atoms with E-state index in [2.05, 4.69) is 17.9 Å². The molecule has 1 nitrogen and oxygen atoms in total. The molecule has 0 atom stereocenters. The SMILES string of the molecule is [CH2-]Oc1ccccc1.[Y].[c-]1ccccc1. The molecule has 0 fully saturated rings. The minimum absolute atomic E-state index is 0. The Balaban J connectivity index is 0.000000253. The Bertz CT molecular complexity index is 294. The van der Waals surface area contributed by atoms with E-state index in [4.69, 9.17) is 0 Å². The van der Waals surface area contributed by atoms with Gasteiger partial charge in [0, 0.05) is 32.7 Å². The first-order valence-corrected chi connectivity index (χ1v) is 4.31. The third-order valence-corrected chi connectivity index (χ3v) is 1.52. The van der Waals surface area contributed by atoms with Crippen molar-refractivity contribution in [2.45, 2.75) is 0 Å². The summed E-state index contributed by atoms with van der Waals surface area (Å²) < 4.78 is 4.66. The molecular formula is C13H12OY-2. The van der Waals surface area contributed by atoms with Gasteiger partial charge in [0.1, 0.15) is 0 Å². The van der Waals surface area contributed by atoms with E-state index in [0.29, 0.717) is 0 Å². The molecule has 0 spiro atoms. The molecule has 75 valence electrons. The summed E-state index contributed by atoms with van der Waals surface area (Å²) in [6, 6.07) is 21.9. The Morgan fingerprint density at radius 3 is 1.67 bits per heavy atom. The van der Waals surface area contributed by atoms with E-state index >= 15 is 0 Å². The van der Waals surface area contributed by atoms with Crippen LogP contribution in [0.3, 0.4) is 0 Å². The van der Waals surface area contributed by atoms with Crippen molar-refractivity contribution in [1.82, 2.24) is 0 Å². The van der Waals surface area contributed by atoms with Crippen molar-refractivity contribution < 1.29 is 37.4 Å². The molecule has 0 aromatic heterocycles. The summed E-state index contributed by atoms with van der Waals surface area (Å²) in [5, 5.41) is 0. The number of ether oxygens (including phenoxy) is 1. The number of benzene rings is 2. The van der Waals surface area contributed by atoms with Crippen LogP contribution >= 0.6 is 0 Å². The van der Waals surface area contributed by atoms with E-state index in [9.17, 15) is 0 Å². The third kappa shape index (κ3) is 7.29. The van der Waals surface area contributed by atoms with Crippen LogP contribution in [0.25, 0.3) is 0 Å². The van der Waals surface area contributed by atoms with Gasteiger partial charge in [-0.3, -0.25) is 0 Å². The van der Waals surface area contributed by atoms with E-state index in [1.165, 1.54) is 0 Å². The van der Waals surface area contributed by atoms with E-state index in [-0.39, 0.29) is 32.7 Å². The second kappa shape index (κ2) is 9.88. The molecule has 15 heavy (non-hydrogen) atoms. The van der Waals surface area contributed by atoms with Crippen molar-refractivity contribution in [3.8, 4) is 5.75 Å². The Hall–Kier alpha value is -0.656. The molecule has 2 rings (SSSR count). The third-order valence-electron chi connectivity index (χ3n) is 1.52. The van der Waals surface area contributed by atoms with E-state index in [0.717, 1.165) is 5.75 Å². The zero-order valence-corrected chi connectivity index (χ0v) is 11.3. The summed E-state index contributed by atoms with van der Waals surface area (Å²) in [6.45, 7) is 0. The second-order valence-corrected chi connectivity index (χ2v) is 2.53. The summed E-state index contributed by atoms with van der Waals surface area (Å²) in [7, 11) is 3.26. The predicted octanol–water partition coefficient (Wildman–Crippen LogP) is 3.34. The van der Waals surface area contributed by atoms with Gasteiger partial charge < -0.3 is 4.74 Å². The standard InChI is InChI=1S/C7H7O.C6H5.Y/c1-8-7-5-3-2-4-6-7;1-2-4-6-5-3-1;/h2-6H,1H2;1-5H;/q2*-1;. The molecule has 0 aliphatic carbocycles. The van der Waals surface area contributed by atoms with Crippen LogP contribution in [0.2, 0.25) is 0 Å². The number of rotatable bonds is 1. The van der Waals surface area contributed by atoms with E-state index < -0.39 is 0 Å². The number of hydrogen-bond acceptors (Lipinski definition) is 1. The van der Waals surface area contributed by atoms with Gasteiger partial charge in [0.25, 0.3) is 0 Å². The molecule has 0 saturated carbocycles. The number of para-hydroxylation sites is 1. The maximum atomic E-state index is 4.66. The predicted molar refractivity (Wildman–Crippen MR) is 57.7 cm³/mol. The maximum absolute atomic E-state index is 4.66. The normalized spacial score (nSPS) is 7.80. The summed E-state index contributed by atoms with van der Waals surface area (Å²) >= 11 is 0. The van der Waals surface area contributed by atoms with Crippen LogP contribution in [-0.4, -0.2) is 0 Å². The van der Waals surface area contributed by atoms with Crippen LogP contribution in [0.15, 0.2) is 60.7 Å². The van der Waals surface area contributed by atoms with Crippen LogP contribution in [0.5, 0.6) is 5.75 Å². The van der Waals surface area contributed by atoms with Crippen LogP contribution in [0, 0.1) is 13.2 Å². The zero-order valence-electron chi connectivity index (χ0n) is 8.47. The molecule has 2 heteroatoms. The average Bonchev–Trinajstić information content (AvgIpc) is 2.33. The minimum Gasteiger partial charge on any atom is -0.665 e. The molecule has 0 unspecified atom stereocenters. The van der Waals surface area contributed by atoms with Crippen molar-refractivity contribution in [3.63, 3.8) is 0 Å². The van der Waals surface area contributed by atoms with Crippen molar-refractivity contribution in [2.24, 2.45) is 0 Å². The first-order chi connectivity index (χ1) is 6.93. The fourth-order valence-electron chi connectivity index (χ4n) is 0.859. The first-order valence-electron chi connectivity index (χ1n) is 4.31. The first kappa shape index (κ1) is 14.3. The summed E-state index contributed by atoms with van der Waals surface area (Å²) in [4.78, 5) is 0. The van der Waals surface area contributed by atoms with Gasteiger partial charge >= 0.3 is 0 Å². The molecular weight excluding hydrogens is 261 g/mol. The Morgan fingerprint density at radius 1 is 0.867 bits per heavy atom. The Labute approximate surface area is 116 Å². The quantitative estimate of drug-likeness (QED) is 0.724. The monoisotopic (exact) mass is 273 g/mol. The molecule has 0 bridgehead atoms. The van der Waals surface area contributed by atoms with Gasteiger partial charge in [-0.05, 0) is 12.1 Å². The average molecular weight is 273 g/mol. The van der Waals surface area contributed by atoms with Gasteiger partial charge in [-0.15, -0.1) is 0 Å². The minimum atomic E-state index is 0. The molecule has 0 N–H and O–H groups in total. The van der Waals surface area contributed by atoms with Crippen molar-refractivity contribution in [2.75, 3.05) is 0 Å². The molecule has 0 heterocycles. The largest absolute Gasteiger partial charge is 0.665 e. The topological polar surface area (TPSA) is 9.23 Å². The molecule has 0 amide bonds. The molecule has 0 saturated heterocycles. The Morgan fingerprint density at radius 2 is 1.40 bits per heavy atom. The second-order valence-electron chi connectivity index (χ2n) is 2.53. The van der Waals surface area contributed by atoms with E-state index in [1.807, 2.05) is 60.7 Å². The summed E-state index contributed by atoms with van der Waals surface area (Å²) in [5.74, 6) is 0.799. The maximum Gasteiger partial charge on any atom is 0.0843 e. The molecule has 0 aliphatic heterocycles. The molecule has 2 aromatic carbocycles. The van der Waals surface area contributed by atoms with Crippen molar-refractivity contribution >= 4 is 0 Å². The van der Waals surface area contributed by atoms with Crippen LogP contribution in [0.4, 0.5) is 0 Å². The van der Waals surface area contributed by atoms with Gasteiger partial charge in [-0.25, -0.2) is 0 Å². The van der Waals surface area contributed by atoms with Gasteiger partial charge in [0.05, 0.1) is 5.75 Å². The molecule has 2 aromatic rings. The zero-order chi connectivity index (χ0) is 10.1. The van der Waals surface area contributed by atoms with Crippen LogP contribution < -0.4 is 4.74 Å². The Kier molecular flexibility index (Phi) is 9.45. The fourth-order valence-corrected chi connectivity index (χ4v) is 0.859. The van der Waals surface area contributed by atoms with Crippen molar-refractivity contribution in [3.05, 3.63) is 73.8 Å². The van der Waals surface area contributed by atoms with Gasteiger partial charge in [0.15, 0.2) is 0 Å². The number of hydrogen-bond donors (Lipinski definition) is 0. The van der Waals surface area contributed by atoms with Crippen LogP contribution in [0.1, 0.15) is 0 Å². The summed E-state index contributed by atoms with van der Waals surface area (Å²) in [5.41, 5.74) is 0. The molecule has 1 radical (unpaired) electrons. The fraction of sp³-hybridized carbons (Fsp3) is 0. The van der Waals surface area contributed by atoms with Crippen molar-refractivity contribution in [1.29, 1.82) is 0 Å². The van der Waals surface area contributed by atoms with Gasteiger partial charge in [-0.2, -0.15) is 43.5 Å². The smallest absolute Gasteiger partial charge is 0.0843 e. The van der Waals surface area contributed by atoms with E-state index in [1.54, 1.807) is 0 Å². The van der Waals surface area contributed by atoms with Gasteiger partial charge in [-0.1, -0.05) is 18.2 Å². The molecule has 0 aliphatic rings. The van der Waals surface area contributed by atoms with Gasteiger partial charge in [0.2, 0.25) is 0 Å². The van der Waals surface area contributed by atoms with Crippen LogP contribution in [-0.2, 0) is 32.7 Å². The summed E-state index contributed by atoms with van der Waals surface area (Å²) in [6.07, 6.45) is 0.